The molecule has 3 aromatic carbocycles. The lowest BCUT2D eigenvalue weighted by Crippen LogP contribution is -2.37. The molecule has 0 aliphatic carbocycles. The molecule has 1 amide bonds. The van der Waals surface area contributed by atoms with E-state index in [1.165, 1.54) is 5.69 Å². The van der Waals surface area contributed by atoms with Gasteiger partial charge in [-0.2, -0.15) is 0 Å². The SMILES string of the molecule is NC(=O)[C@H](Cc1ccccc1)Nc1ccc(-c2ccnc(Nc3ccc(N4CCOCC4)cc3)n2)cc1. The minimum Gasteiger partial charge on any atom is -0.378 e. The van der Waals surface area contributed by atoms with Crippen LogP contribution in [0.15, 0.2) is 91.1 Å². The Balaban J connectivity index is 1.23. The molecule has 0 unspecified atom stereocenters. The highest BCUT2D eigenvalue weighted by Gasteiger charge is 2.16. The molecule has 8 nitrogen and oxygen atoms in total. The van der Waals surface area contributed by atoms with Gasteiger partial charge in [0.25, 0.3) is 0 Å². The van der Waals surface area contributed by atoms with Crippen LogP contribution >= 0.6 is 0 Å². The van der Waals surface area contributed by atoms with Crippen LogP contribution in [0.25, 0.3) is 11.3 Å². The van der Waals surface area contributed by atoms with E-state index < -0.39 is 11.9 Å². The molecule has 0 saturated carbocycles. The Morgan fingerprint density at radius 1 is 0.919 bits per heavy atom. The molecule has 0 spiro atoms. The van der Waals surface area contributed by atoms with Crippen molar-refractivity contribution in [2.45, 2.75) is 12.5 Å². The van der Waals surface area contributed by atoms with E-state index in [2.05, 4.69) is 37.6 Å². The van der Waals surface area contributed by atoms with Crippen molar-refractivity contribution < 1.29 is 9.53 Å². The maximum absolute atomic E-state index is 12.0. The Morgan fingerprint density at radius 2 is 1.62 bits per heavy atom. The lowest BCUT2D eigenvalue weighted by molar-refractivity contribution is -0.118. The van der Waals surface area contributed by atoms with Gasteiger partial charge in [0.1, 0.15) is 6.04 Å². The Bertz CT molecular complexity index is 1310. The monoisotopic (exact) mass is 494 g/mol. The molecule has 1 aliphatic rings. The van der Waals surface area contributed by atoms with Gasteiger partial charge in [0.2, 0.25) is 11.9 Å². The van der Waals surface area contributed by atoms with Crippen LogP contribution in [0.1, 0.15) is 5.56 Å². The number of benzene rings is 3. The van der Waals surface area contributed by atoms with Crippen LogP contribution in [0.5, 0.6) is 0 Å². The number of nitrogens with one attached hydrogen (secondary N) is 2. The average Bonchev–Trinajstić information content (AvgIpc) is 2.95. The largest absolute Gasteiger partial charge is 0.378 e. The van der Waals surface area contributed by atoms with E-state index in [1.807, 2.05) is 72.8 Å². The molecule has 4 aromatic rings. The van der Waals surface area contributed by atoms with E-state index in [0.29, 0.717) is 12.4 Å². The van der Waals surface area contributed by atoms with Gasteiger partial charge in [0.05, 0.1) is 18.9 Å². The number of morpholine rings is 1. The lowest BCUT2D eigenvalue weighted by atomic mass is 10.0. The topological polar surface area (TPSA) is 105 Å². The molecule has 8 heteroatoms. The number of carbonyl (C=O) groups excluding carboxylic acids is 1. The van der Waals surface area contributed by atoms with Crippen molar-refractivity contribution >= 4 is 28.9 Å². The van der Waals surface area contributed by atoms with Gasteiger partial charge in [0, 0.05) is 48.3 Å². The van der Waals surface area contributed by atoms with Crippen LogP contribution in [0.2, 0.25) is 0 Å². The summed E-state index contributed by atoms with van der Waals surface area (Å²) in [6.07, 6.45) is 2.26. The average molecular weight is 495 g/mol. The normalized spacial score (nSPS) is 14.1. The van der Waals surface area contributed by atoms with Gasteiger partial charge in [-0.1, -0.05) is 42.5 Å². The number of hydrogen-bond donors (Lipinski definition) is 3. The summed E-state index contributed by atoms with van der Waals surface area (Å²) < 4.78 is 5.43. The van der Waals surface area contributed by atoms with Crippen molar-refractivity contribution in [1.82, 2.24) is 9.97 Å². The van der Waals surface area contributed by atoms with Gasteiger partial charge in [0.15, 0.2) is 0 Å². The van der Waals surface area contributed by atoms with E-state index in [9.17, 15) is 4.79 Å². The Kier molecular flexibility index (Phi) is 7.57. The van der Waals surface area contributed by atoms with Gasteiger partial charge < -0.3 is 26.0 Å². The van der Waals surface area contributed by atoms with E-state index in [1.54, 1.807) is 6.20 Å². The summed E-state index contributed by atoms with van der Waals surface area (Å²) in [5, 5.41) is 6.54. The molecule has 0 bridgehead atoms. The molecule has 5 rings (SSSR count). The second kappa shape index (κ2) is 11.5. The number of aromatic nitrogens is 2. The van der Waals surface area contributed by atoms with Crippen molar-refractivity contribution in [3.8, 4) is 11.3 Å². The zero-order chi connectivity index (χ0) is 25.5. The summed E-state index contributed by atoms with van der Waals surface area (Å²) in [6, 6.07) is 27.2. The number of nitrogens with zero attached hydrogens (tertiary/aromatic N) is 3. The van der Waals surface area contributed by atoms with Gasteiger partial charge in [-0.05, 0) is 48.0 Å². The van der Waals surface area contributed by atoms with Crippen LogP contribution in [-0.2, 0) is 16.0 Å². The first-order valence-electron chi connectivity index (χ1n) is 12.4. The number of hydrogen-bond acceptors (Lipinski definition) is 7. The third-order valence-electron chi connectivity index (χ3n) is 6.30. The van der Waals surface area contributed by atoms with Crippen LogP contribution in [0, 0.1) is 0 Å². The predicted octanol–water partition coefficient (Wildman–Crippen LogP) is 4.23. The zero-order valence-corrected chi connectivity index (χ0v) is 20.5. The van der Waals surface area contributed by atoms with Crippen molar-refractivity contribution in [2.24, 2.45) is 5.73 Å². The van der Waals surface area contributed by atoms with Gasteiger partial charge in [-0.15, -0.1) is 0 Å². The number of nitrogens with two attached hydrogens (primary N) is 1. The lowest BCUT2D eigenvalue weighted by Gasteiger charge is -2.28. The first-order chi connectivity index (χ1) is 18.1. The molecule has 2 heterocycles. The third-order valence-corrected chi connectivity index (χ3v) is 6.30. The summed E-state index contributed by atoms with van der Waals surface area (Å²) in [6.45, 7) is 3.33. The molecule has 1 fully saturated rings. The van der Waals surface area contributed by atoms with Crippen molar-refractivity contribution in [3.05, 3.63) is 96.7 Å². The maximum atomic E-state index is 12.0. The number of amides is 1. The van der Waals surface area contributed by atoms with Crippen molar-refractivity contribution in [2.75, 3.05) is 41.8 Å². The van der Waals surface area contributed by atoms with Crippen LogP contribution in [-0.4, -0.2) is 48.2 Å². The summed E-state index contributed by atoms with van der Waals surface area (Å²) in [5.74, 6) is 0.132. The Morgan fingerprint density at radius 3 is 2.32 bits per heavy atom. The van der Waals surface area contributed by atoms with Crippen LogP contribution in [0.3, 0.4) is 0 Å². The third kappa shape index (κ3) is 6.42. The molecule has 1 saturated heterocycles. The minimum absolute atomic E-state index is 0.391. The maximum Gasteiger partial charge on any atom is 0.240 e. The molecule has 1 aromatic heterocycles. The quantitative estimate of drug-likeness (QED) is 0.320. The fourth-order valence-electron chi connectivity index (χ4n) is 4.30. The highest BCUT2D eigenvalue weighted by molar-refractivity contribution is 5.83. The number of anilines is 4. The molecular weight excluding hydrogens is 464 g/mol. The van der Waals surface area contributed by atoms with E-state index in [0.717, 1.165) is 54.5 Å². The number of primary amides is 1. The fraction of sp³-hybridized carbons (Fsp3) is 0.207. The Labute approximate surface area is 216 Å². The molecular formula is C29H30N6O2. The van der Waals surface area contributed by atoms with Crippen LogP contribution in [0.4, 0.5) is 23.0 Å². The van der Waals surface area contributed by atoms with Crippen molar-refractivity contribution in [3.63, 3.8) is 0 Å². The predicted molar refractivity (Wildman–Crippen MR) is 147 cm³/mol. The number of carbonyl (C=O) groups is 1. The number of ether oxygens (including phenoxy) is 1. The van der Waals surface area contributed by atoms with E-state index in [-0.39, 0.29) is 0 Å². The second-order valence-electron chi connectivity index (χ2n) is 8.90. The van der Waals surface area contributed by atoms with Crippen LogP contribution < -0.4 is 21.3 Å². The minimum atomic E-state index is -0.502. The summed E-state index contributed by atoms with van der Waals surface area (Å²) >= 11 is 0. The van der Waals surface area contributed by atoms with E-state index in [4.69, 9.17) is 10.5 Å². The zero-order valence-electron chi connectivity index (χ0n) is 20.5. The number of rotatable bonds is 9. The highest BCUT2D eigenvalue weighted by Crippen LogP contribution is 2.24. The summed E-state index contributed by atoms with van der Waals surface area (Å²) in [7, 11) is 0. The molecule has 0 radical (unpaired) electrons. The first-order valence-corrected chi connectivity index (χ1v) is 12.4. The van der Waals surface area contributed by atoms with Gasteiger partial charge in [-0.3, -0.25) is 4.79 Å². The molecule has 37 heavy (non-hydrogen) atoms. The van der Waals surface area contributed by atoms with Crippen molar-refractivity contribution in [1.29, 1.82) is 0 Å². The summed E-state index contributed by atoms with van der Waals surface area (Å²) in [4.78, 5) is 23.4. The molecule has 4 N–H and O–H groups in total. The smallest absolute Gasteiger partial charge is 0.240 e. The molecule has 188 valence electrons. The van der Waals surface area contributed by atoms with Gasteiger partial charge >= 0.3 is 0 Å². The Hall–Kier alpha value is -4.43. The molecule has 1 aliphatic heterocycles. The molecule has 1 atom stereocenters. The van der Waals surface area contributed by atoms with Gasteiger partial charge in [-0.25, -0.2) is 9.97 Å². The standard InChI is InChI=1S/C29H30N6O2/c30-28(36)27(20-21-4-2-1-3-5-21)32-23-8-6-22(7-9-23)26-14-15-31-29(34-26)33-24-10-12-25(13-11-24)35-16-18-37-19-17-35/h1-15,27,32H,16-20H2,(H2,30,36)(H,31,33,34)/t27-/m0/s1. The summed E-state index contributed by atoms with van der Waals surface area (Å²) in [5.41, 5.74) is 11.4. The second-order valence-corrected chi connectivity index (χ2v) is 8.90. The highest BCUT2D eigenvalue weighted by atomic mass is 16.5. The van der Waals surface area contributed by atoms with E-state index >= 15 is 0 Å². The fourth-order valence-corrected chi connectivity index (χ4v) is 4.30. The first kappa shape index (κ1) is 24.3.